The van der Waals surface area contributed by atoms with Crippen LogP contribution in [0.2, 0.25) is 0 Å². The first kappa shape index (κ1) is 60.8. The fourth-order valence-electron chi connectivity index (χ4n) is 8.74. The van der Waals surface area contributed by atoms with Gasteiger partial charge in [0.05, 0.1) is 13.2 Å². The highest BCUT2D eigenvalue weighted by Crippen LogP contribution is 2.18. The Morgan fingerprint density at radius 3 is 0.639 bits per heavy atom. The minimum absolute atomic E-state index is 0.140. The third kappa shape index (κ3) is 50.6. The number of unbranched alkanes of at least 4 members (excludes halogenated alkanes) is 40. The van der Waals surface area contributed by atoms with Gasteiger partial charge < -0.3 is 29.5 Å². The van der Waals surface area contributed by atoms with Crippen LogP contribution in [0.15, 0.2) is 0 Å². The Kier molecular flexibility index (Phi) is 52.2. The SMILES string of the molecule is CCCCCCCCCCCCCCCCCC(O)OCC(CO[C@H](O)CCCCCCCCCCCCCCC)O[C@@H](O)CCCCCCCCCCCCCCCCC. The first-order valence-electron chi connectivity index (χ1n) is 28.0. The second kappa shape index (κ2) is 52.4. The minimum atomic E-state index is -0.898. The highest BCUT2D eigenvalue weighted by molar-refractivity contribution is 4.61. The lowest BCUT2D eigenvalue weighted by atomic mass is 10.0. The lowest BCUT2D eigenvalue weighted by Gasteiger charge is -2.24. The molecule has 0 heterocycles. The molecule has 0 radical (unpaired) electrons. The molecule has 0 aromatic carbocycles. The highest BCUT2D eigenvalue weighted by Gasteiger charge is 2.19. The van der Waals surface area contributed by atoms with E-state index >= 15 is 0 Å². The molecular weight excluding hydrogens is 757 g/mol. The molecule has 0 spiro atoms. The van der Waals surface area contributed by atoms with Crippen molar-refractivity contribution in [2.75, 3.05) is 13.2 Å². The molecule has 0 rings (SSSR count). The van der Waals surface area contributed by atoms with Crippen molar-refractivity contribution >= 4 is 0 Å². The molecule has 6 heteroatoms. The summed E-state index contributed by atoms with van der Waals surface area (Å²) < 4.78 is 17.7. The molecule has 6 nitrogen and oxygen atoms in total. The van der Waals surface area contributed by atoms with E-state index in [9.17, 15) is 15.3 Å². The number of ether oxygens (including phenoxy) is 3. The Morgan fingerprint density at radius 2 is 0.426 bits per heavy atom. The molecule has 0 aliphatic carbocycles. The first-order chi connectivity index (χ1) is 30.0. The smallest absolute Gasteiger partial charge is 0.155 e. The van der Waals surface area contributed by atoms with Crippen molar-refractivity contribution in [1.82, 2.24) is 0 Å². The minimum Gasteiger partial charge on any atom is -0.368 e. The normalized spacial score (nSPS) is 13.9. The summed E-state index contributed by atoms with van der Waals surface area (Å²) >= 11 is 0. The van der Waals surface area contributed by atoms with E-state index in [4.69, 9.17) is 14.2 Å². The van der Waals surface area contributed by atoms with Crippen LogP contribution in [0, 0.1) is 0 Å². The van der Waals surface area contributed by atoms with Gasteiger partial charge >= 0.3 is 0 Å². The number of rotatable bonds is 54. The van der Waals surface area contributed by atoms with E-state index in [1.165, 1.54) is 238 Å². The van der Waals surface area contributed by atoms with Gasteiger partial charge in [-0.1, -0.05) is 278 Å². The third-order valence-electron chi connectivity index (χ3n) is 13.0. The molecule has 0 aromatic rings. The summed E-state index contributed by atoms with van der Waals surface area (Å²) in [6, 6.07) is 0. The molecule has 4 atom stereocenters. The molecule has 0 aliphatic rings. The van der Waals surface area contributed by atoms with Gasteiger partial charge in [-0.2, -0.15) is 0 Å². The Balaban J connectivity index is 4.28. The quantitative estimate of drug-likeness (QED) is 0.0417. The summed E-state index contributed by atoms with van der Waals surface area (Å²) in [6.07, 6.45) is 55.0. The van der Waals surface area contributed by atoms with Crippen LogP contribution in [-0.4, -0.2) is 53.5 Å². The van der Waals surface area contributed by atoms with E-state index < -0.39 is 25.0 Å². The van der Waals surface area contributed by atoms with Crippen molar-refractivity contribution < 1.29 is 29.5 Å². The van der Waals surface area contributed by atoms with Gasteiger partial charge in [-0.3, -0.25) is 0 Å². The van der Waals surface area contributed by atoms with Gasteiger partial charge in [-0.15, -0.1) is 0 Å². The molecular formula is C55H112O6. The molecule has 0 saturated heterocycles. The number of hydrogen-bond donors (Lipinski definition) is 3. The predicted molar refractivity (Wildman–Crippen MR) is 264 cm³/mol. The van der Waals surface area contributed by atoms with Crippen LogP contribution in [0.4, 0.5) is 0 Å². The van der Waals surface area contributed by atoms with Crippen LogP contribution >= 0.6 is 0 Å². The molecule has 2 unspecified atom stereocenters. The van der Waals surface area contributed by atoms with Gasteiger partial charge in [-0.05, 0) is 38.5 Å². The number of aliphatic hydroxyl groups excluding tert-OH is 3. The molecule has 0 aliphatic heterocycles. The summed E-state index contributed by atoms with van der Waals surface area (Å²) in [6.45, 7) is 7.13. The van der Waals surface area contributed by atoms with Gasteiger partial charge in [0.2, 0.25) is 0 Å². The number of hydrogen-bond acceptors (Lipinski definition) is 6. The van der Waals surface area contributed by atoms with Crippen LogP contribution < -0.4 is 0 Å². The van der Waals surface area contributed by atoms with Crippen molar-refractivity contribution in [3.8, 4) is 0 Å². The van der Waals surface area contributed by atoms with Crippen LogP contribution in [0.3, 0.4) is 0 Å². The Morgan fingerprint density at radius 1 is 0.246 bits per heavy atom. The standard InChI is InChI=1S/C55H112O6/c1-4-7-10-13-16-19-22-25-27-30-33-36-39-42-45-48-54(57)60-51-52(50-59-53(56)47-44-41-38-35-32-29-24-21-18-15-12-9-6-3)61-55(58)49-46-43-40-37-34-31-28-26-23-20-17-14-11-8-5-2/h52-58H,4-51H2,1-3H3/t52?,53-,54?,55+/m0/s1. The van der Waals surface area contributed by atoms with Gasteiger partial charge in [0.15, 0.2) is 18.9 Å². The van der Waals surface area contributed by atoms with Gasteiger partial charge in [0.25, 0.3) is 0 Å². The summed E-state index contributed by atoms with van der Waals surface area (Å²) in [4.78, 5) is 0. The monoisotopic (exact) mass is 869 g/mol. The Bertz CT molecular complexity index is 781. The van der Waals surface area contributed by atoms with E-state index in [2.05, 4.69) is 20.8 Å². The van der Waals surface area contributed by atoms with Crippen molar-refractivity contribution in [3.05, 3.63) is 0 Å². The third-order valence-corrected chi connectivity index (χ3v) is 13.0. The van der Waals surface area contributed by atoms with Crippen LogP contribution in [0.25, 0.3) is 0 Å². The average molecular weight is 869 g/mol. The molecule has 368 valence electrons. The molecule has 0 fully saturated rings. The van der Waals surface area contributed by atoms with Crippen LogP contribution in [0.1, 0.15) is 316 Å². The van der Waals surface area contributed by atoms with Crippen LogP contribution in [0.5, 0.6) is 0 Å². The van der Waals surface area contributed by atoms with E-state index in [1.54, 1.807) is 0 Å². The van der Waals surface area contributed by atoms with Crippen molar-refractivity contribution in [2.45, 2.75) is 341 Å². The zero-order valence-electron chi connectivity index (χ0n) is 41.8. The molecule has 0 amide bonds. The maximum Gasteiger partial charge on any atom is 0.155 e. The molecule has 61 heavy (non-hydrogen) atoms. The van der Waals surface area contributed by atoms with Crippen molar-refractivity contribution in [2.24, 2.45) is 0 Å². The summed E-state index contributed by atoms with van der Waals surface area (Å²) in [5.41, 5.74) is 0. The fraction of sp³-hybridized carbons (Fsp3) is 1.00. The highest BCUT2D eigenvalue weighted by atomic mass is 16.7. The van der Waals surface area contributed by atoms with Gasteiger partial charge in [0.1, 0.15) is 6.10 Å². The topological polar surface area (TPSA) is 88.4 Å². The summed E-state index contributed by atoms with van der Waals surface area (Å²) in [7, 11) is 0. The van der Waals surface area contributed by atoms with E-state index in [1.807, 2.05) is 0 Å². The van der Waals surface area contributed by atoms with Gasteiger partial charge in [0, 0.05) is 0 Å². The summed E-state index contributed by atoms with van der Waals surface area (Å²) in [5.74, 6) is 0. The largest absolute Gasteiger partial charge is 0.368 e. The lowest BCUT2D eigenvalue weighted by molar-refractivity contribution is -0.212. The number of aliphatic hydroxyl groups is 3. The second-order valence-electron chi connectivity index (χ2n) is 19.3. The van der Waals surface area contributed by atoms with Crippen LogP contribution in [-0.2, 0) is 14.2 Å². The van der Waals surface area contributed by atoms with E-state index in [-0.39, 0.29) is 13.2 Å². The zero-order chi connectivity index (χ0) is 44.4. The molecule has 0 aromatic heterocycles. The summed E-state index contributed by atoms with van der Waals surface area (Å²) in [5, 5.41) is 32.0. The maximum absolute atomic E-state index is 10.8. The van der Waals surface area contributed by atoms with Crippen molar-refractivity contribution in [1.29, 1.82) is 0 Å². The zero-order valence-corrected chi connectivity index (χ0v) is 41.8. The second-order valence-corrected chi connectivity index (χ2v) is 19.3. The Hall–Kier alpha value is -0.240. The molecule has 0 saturated carbocycles. The maximum atomic E-state index is 10.8. The van der Waals surface area contributed by atoms with E-state index in [0.717, 1.165) is 38.5 Å². The average Bonchev–Trinajstić information content (AvgIpc) is 3.26. The Labute approximate surface area is 382 Å². The molecule has 0 bridgehead atoms. The van der Waals surface area contributed by atoms with E-state index in [0.29, 0.717) is 19.3 Å². The molecule has 3 N–H and O–H groups in total. The predicted octanol–water partition coefficient (Wildman–Crippen LogP) is 17.4. The lowest BCUT2D eigenvalue weighted by Crippen LogP contribution is -2.34. The van der Waals surface area contributed by atoms with Gasteiger partial charge in [-0.25, -0.2) is 0 Å². The van der Waals surface area contributed by atoms with Crippen molar-refractivity contribution in [3.63, 3.8) is 0 Å². The fourth-order valence-corrected chi connectivity index (χ4v) is 8.74. The first-order valence-corrected chi connectivity index (χ1v) is 28.0.